The van der Waals surface area contributed by atoms with E-state index in [2.05, 4.69) is 38.0 Å². The smallest absolute Gasteiger partial charge is 0.244 e. The lowest BCUT2D eigenvalue weighted by atomic mass is 10.0. The average Bonchev–Trinajstić information content (AvgIpc) is 2.82. The Morgan fingerprint density at radius 1 is 1.23 bits per heavy atom. The molecule has 1 aromatic carbocycles. The van der Waals surface area contributed by atoms with E-state index in [1.54, 1.807) is 18.2 Å². The summed E-state index contributed by atoms with van der Waals surface area (Å²) in [5, 5.41) is 2.99. The van der Waals surface area contributed by atoms with Crippen molar-refractivity contribution in [3.63, 3.8) is 0 Å². The Morgan fingerprint density at radius 3 is 2.58 bits per heavy atom. The van der Waals surface area contributed by atoms with Gasteiger partial charge in [-0.25, -0.2) is 0 Å². The maximum absolute atomic E-state index is 12.5. The Hall–Kier alpha value is -2.17. The van der Waals surface area contributed by atoms with E-state index in [9.17, 15) is 9.59 Å². The van der Waals surface area contributed by atoms with E-state index in [0.29, 0.717) is 24.8 Å². The molecule has 1 aromatic rings. The van der Waals surface area contributed by atoms with Crippen LogP contribution < -0.4 is 10.2 Å². The molecule has 0 bridgehead atoms. The van der Waals surface area contributed by atoms with Crippen molar-refractivity contribution in [2.24, 2.45) is 16.8 Å². The third-order valence-corrected chi connectivity index (χ3v) is 4.66. The molecule has 0 aliphatic carbocycles. The number of para-hydroxylation sites is 1. The molecule has 0 saturated heterocycles. The van der Waals surface area contributed by atoms with E-state index in [0.717, 1.165) is 17.7 Å². The van der Waals surface area contributed by atoms with Gasteiger partial charge in [0.25, 0.3) is 0 Å². The van der Waals surface area contributed by atoms with Gasteiger partial charge in [-0.15, -0.1) is 0 Å². The van der Waals surface area contributed by atoms with E-state index in [-0.39, 0.29) is 11.8 Å². The van der Waals surface area contributed by atoms with Crippen molar-refractivity contribution in [2.75, 3.05) is 18.5 Å². The van der Waals surface area contributed by atoms with E-state index in [1.165, 1.54) is 0 Å². The first-order valence-electron chi connectivity index (χ1n) is 9.48. The SMILES string of the molecule is CC(C)CCNC(=O)[C@H](CC(C)C)N=CC1C(=O)N(C)c2ccccc21. The summed E-state index contributed by atoms with van der Waals surface area (Å²) in [6.45, 7) is 9.08. The Labute approximate surface area is 156 Å². The van der Waals surface area contributed by atoms with Gasteiger partial charge in [0.15, 0.2) is 0 Å². The molecule has 0 spiro atoms. The molecule has 5 heteroatoms. The van der Waals surface area contributed by atoms with Crippen LogP contribution in [0.1, 0.15) is 52.0 Å². The van der Waals surface area contributed by atoms with Gasteiger partial charge in [-0.1, -0.05) is 45.9 Å². The monoisotopic (exact) mass is 357 g/mol. The molecule has 1 heterocycles. The van der Waals surface area contributed by atoms with Crippen LogP contribution in [0.5, 0.6) is 0 Å². The molecule has 1 N–H and O–H groups in total. The topological polar surface area (TPSA) is 61.8 Å². The lowest BCUT2D eigenvalue weighted by Gasteiger charge is -2.16. The summed E-state index contributed by atoms with van der Waals surface area (Å²) >= 11 is 0. The Bertz CT molecular complexity index is 667. The highest BCUT2D eigenvalue weighted by molar-refractivity contribution is 6.13. The van der Waals surface area contributed by atoms with Gasteiger partial charge in [-0.2, -0.15) is 0 Å². The number of aliphatic imine (C=N–C) groups is 1. The van der Waals surface area contributed by atoms with Crippen LogP contribution in [0.25, 0.3) is 0 Å². The second kappa shape index (κ2) is 8.97. The number of amides is 2. The van der Waals surface area contributed by atoms with Crippen molar-refractivity contribution >= 4 is 23.7 Å². The molecular formula is C21H31N3O2. The van der Waals surface area contributed by atoms with Crippen LogP contribution in [-0.4, -0.2) is 37.7 Å². The quantitative estimate of drug-likeness (QED) is 0.725. The fourth-order valence-electron chi connectivity index (χ4n) is 3.13. The molecule has 26 heavy (non-hydrogen) atoms. The number of benzene rings is 1. The molecule has 2 atom stereocenters. The zero-order chi connectivity index (χ0) is 19.3. The minimum Gasteiger partial charge on any atom is -0.354 e. The lowest BCUT2D eigenvalue weighted by molar-refractivity contribution is -0.122. The van der Waals surface area contributed by atoms with Crippen molar-refractivity contribution in [1.29, 1.82) is 0 Å². The highest BCUT2D eigenvalue weighted by atomic mass is 16.2. The van der Waals surface area contributed by atoms with Gasteiger partial charge in [0.2, 0.25) is 11.8 Å². The third-order valence-electron chi connectivity index (χ3n) is 4.66. The van der Waals surface area contributed by atoms with Crippen molar-refractivity contribution in [1.82, 2.24) is 5.32 Å². The van der Waals surface area contributed by atoms with Gasteiger partial charge >= 0.3 is 0 Å². The zero-order valence-electron chi connectivity index (χ0n) is 16.5. The number of carbonyl (C=O) groups excluding carboxylic acids is 2. The lowest BCUT2D eigenvalue weighted by Crippen LogP contribution is -2.35. The second-order valence-corrected chi connectivity index (χ2v) is 7.85. The largest absolute Gasteiger partial charge is 0.354 e. The minimum absolute atomic E-state index is 0.00142. The van der Waals surface area contributed by atoms with E-state index in [1.807, 2.05) is 24.3 Å². The van der Waals surface area contributed by atoms with Crippen LogP contribution in [-0.2, 0) is 9.59 Å². The number of likely N-dealkylation sites (N-methyl/N-ethyl adjacent to an activating group) is 1. The Balaban J connectivity index is 2.12. The Kier molecular flexibility index (Phi) is 6.95. The van der Waals surface area contributed by atoms with Crippen molar-refractivity contribution in [3.8, 4) is 0 Å². The van der Waals surface area contributed by atoms with Gasteiger partial charge in [-0.05, 0) is 36.3 Å². The van der Waals surface area contributed by atoms with Gasteiger partial charge in [0, 0.05) is 25.5 Å². The number of hydrogen-bond donors (Lipinski definition) is 1. The van der Waals surface area contributed by atoms with Gasteiger partial charge in [0.1, 0.15) is 12.0 Å². The van der Waals surface area contributed by atoms with E-state index in [4.69, 9.17) is 0 Å². The summed E-state index contributed by atoms with van der Waals surface area (Å²) in [5.74, 6) is 0.434. The summed E-state index contributed by atoms with van der Waals surface area (Å²) in [7, 11) is 1.78. The fraction of sp³-hybridized carbons (Fsp3) is 0.571. The highest BCUT2D eigenvalue weighted by Crippen LogP contribution is 2.35. The van der Waals surface area contributed by atoms with Gasteiger partial charge < -0.3 is 10.2 Å². The summed E-state index contributed by atoms with van der Waals surface area (Å²) < 4.78 is 0. The molecule has 0 saturated carbocycles. The van der Waals surface area contributed by atoms with Gasteiger partial charge in [0.05, 0.1) is 0 Å². The van der Waals surface area contributed by atoms with Crippen LogP contribution in [0.2, 0.25) is 0 Å². The second-order valence-electron chi connectivity index (χ2n) is 7.85. The summed E-state index contributed by atoms with van der Waals surface area (Å²) in [6.07, 6.45) is 3.28. The van der Waals surface area contributed by atoms with Crippen molar-refractivity contribution in [3.05, 3.63) is 29.8 Å². The molecule has 2 amide bonds. The standard InChI is InChI=1S/C21H31N3O2/c1-14(2)10-11-22-20(25)18(12-15(3)4)23-13-17-16-8-6-7-9-19(16)24(5)21(17)26/h6-9,13-15,17-18H,10-12H2,1-5H3,(H,22,25)/t17?,18-/m0/s1. The molecule has 1 aliphatic heterocycles. The van der Waals surface area contributed by atoms with E-state index >= 15 is 0 Å². The van der Waals surface area contributed by atoms with Crippen molar-refractivity contribution in [2.45, 2.75) is 52.5 Å². The maximum Gasteiger partial charge on any atom is 0.244 e. The first kappa shape index (κ1) is 20.1. The molecule has 1 unspecified atom stereocenters. The van der Waals surface area contributed by atoms with Crippen molar-refractivity contribution < 1.29 is 9.59 Å². The summed E-state index contributed by atoms with van der Waals surface area (Å²) in [5.41, 5.74) is 1.86. The van der Waals surface area contributed by atoms with Crippen LogP contribution in [0.15, 0.2) is 29.3 Å². The fourth-order valence-corrected chi connectivity index (χ4v) is 3.13. The number of anilines is 1. The molecule has 5 nitrogen and oxygen atoms in total. The van der Waals surface area contributed by atoms with Crippen LogP contribution in [0.3, 0.4) is 0 Å². The molecule has 0 radical (unpaired) electrons. The Morgan fingerprint density at radius 2 is 1.92 bits per heavy atom. The molecule has 142 valence electrons. The number of fused-ring (bicyclic) bond motifs is 1. The normalized spacial score (nSPS) is 18.0. The number of hydrogen-bond acceptors (Lipinski definition) is 3. The summed E-state index contributed by atoms with van der Waals surface area (Å²) in [4.78, 5) is 31.3. The maximum atomic E-state index is 12.5. The van der Waals surface area contributed by atoms with Crippen LogP contribution >= 0.6 is 0 Å². The number of nitrogens with zero attached hydrogens (tertiary/aromatic N) is 2. The number of carbonyl (C=O) groups is 2. The predicted octanol–water partition coefficient (Wildman–Crippen LogP) is 3.39. The average molecular weight is 357 g/mol. The minimum atomic E-state index is -0.451. The summed E-state index contributed by atoms with van der Waals surface area (Å²) in [6, 6.07) is 7.29. The van der Waals surface area contributed by atoms with E-state index < -0.39 is 12.0 Å². The first-order valence-corrected chi connectivity index (χ1v) is 9.48. The molecule has 1 aliphatic rings. The van der Waals surface area contributed by atoms with Crippen LogP contribution in [0.4, 0.5) is 5.69 Å². The molecule has 0 fully saturated rings. The predicted molar refractivity (Wildman–Crippen MR) is 107 cm³/mol. The number of rotatable bonds is 8. The highest BCUT2D eigenvalue weighted by Gasteiger charge is 2.34. The molecular weight excluding hydrogens is 326 g/mol. The van der Waals surface area contributed by atoms with Gasteiger partial charge in [-0.3, -0.25) is 14.6 Å². The molecule has 0 aromatic heterocycles. The zero-order valence-corrected chi connectivity index (χ0v) is 16.5. The number of nitrogens with one attached hydrogen (secondary N) is 1. The van der Waals surface area contributed by atoms with Crippen LogP contribution in [0, 0.1) is 11.8 Å². The first-order chi connectivity index (χ1) is 12.3. The molecule has 2 rings (SSSR count). The third kappa shape index (κ3) is 4.93.